The Bertz CT molecular complexity index is 1610. The molecule has 4 rings (SSSR count). The zero-order chi connectivity index (χ0) is 26.6. The van der Waals surface area contributed by atoms with Crippen LogP contribution in [0.5, 0.6) is 0 Å². The number of benzene rings is 3. The Balaban J connectivity index is 1.61. The SMILES string of the molecule is CCN(Cc1ccccc1)S(=O)(=O)c1ccc(C(=O)N=c2sc3cc(C(=O)OC)ccc3n2CC)cc1. The van der Waals surface area contributed by atoms with Gasteiger partial charge in [0.25, 0.3) is 5.91 Å². The van der Waals surface area contributed by atoms with E-state index in [-0.39, 0.29) is 17.0 Å². The Morgan fingerprint density at radius 3 is 2.27 bits per heavy atom. The van der Waals surface area contributed by atoms with Crippen LogP contribution in [0.4, 0.5) is 0 Å². The Morgan fingerprint density at radius 1 is 0.973 bits per heavy atom. The molecule has 0 unspecified atom stereocenters. The Kier molecular flexibility index (Phi) is 8.01. The van der Waals surface area contributed by atoms with Crippen molar-refractivity contribution in [2.45, 2.75) is 31.8 Å². The summed E-state index contributed by atoms with van der Waals surface area (Å²) in [6, 6.07) is 20.4. The summed E-state index contributed by atoms with van der Waals surface area (Å²) in [6.07, 6.45) is 0. The molecule has 10 heteroatoms. The molecule has 1 heterocycles. The number of rotatable bonds is 8. The molecule has 4 aromatic rings. The van der Waals surface area contributed by atoms with E-state index in [0.717, 1.165) is 15.8 Å². The van der Waals surface area contributed by atoms with Gasteiger partial charge in [-0.1, -0.05) is 48.6 Å². The van der Waals surface area contributed by atoms with E-state index in [2.05, 4.69) is 4.99 Å². The highest BCUT2D eigenvalue weighted by Crippen LogP contribution is 2.21. The van der Waals surface area contributed by atoms with Gasteiger partial charge in [-0.2, -0.15) is 9.30 Å². The molecule has 0 radical (unpaired) electrons. The summed E-state index contributed by atoms with van der Waals surface area (Å²) in [5, 5.41) is 0. The van der Waals surface area contributed by atoms with Crippen LogP contribution in [0.1, 0.15) is 40.1 Å². The van der Waals surface area contributed by atoms with Crippen molar-refractivity contribution in [2.24, 2.45) is 4.99 Å². The molecule has 192 valence electrons. The number of ether oxygens (including phenoxy) is 1. The molecule has 8 nitrogen and oxygen atoms in total. The number of sulfonamides is 1. The van der Waals surface area contributed by atoms with Crippen molar-refractivity contribution < 1.29 is 22.7 Å². The molecule has 0 bridgehead atoms. The minimum Gasteiger partial charge on any atom is -0.465 e. The third-order valence-electron chi connectivity index (χ3n) is 5.91. The maximum atomic E-state index is 13.2. The Hall–Kier alpha value is -3.60. The number of methoxy groups -OCH3 is 1. The summed E-state index contributed by atoms with van der Waals surface area (Å²) in [5.74, 6) is -0.920. The summed E-state index contributed by atoms with van der Waals surface area (Å²) in [6.45, 7) is 4.89. The van der Waals surface area contributed by atoms with Crippen LogP contribution in [-0.4, -0.2) is 42.8 Å². The maximum absolute atomic E-state index is 13.2. The van der Waals surface area contributed by atoms with E-state index in [1.807, 2.05) is 41.8 Å². The third kappa shape index (κ3) is 5.56. The molecule has 3 aromatic carbocycles. The number of nitrogens with zero attached hydrogens (tertiary/aromatic N) is 3. The number of hydrogen-bond donors (Lipinski definition) is 0. The molecule has 0 aliphatic rings. The summed E-state index contributed by atoms with van der Waals surface area (Å²) in [7, 11) is -2.41. The van der Waals surface area contributed by atoms with Gasteiger partial charge in [0.1, 0.15) is 0 Å². The molecular formula is C27H27N3O5S2. The molecule has 0 fully saturated rings. The normalized spacial score (nSPS) is 12.3. The smallest absolute Gasteiger partial charge is 0.337 e. The van der Waals surface area contributed by atoms with Gasteiger partial charge >= 0.3 is 5.97 Å². The van der Waals surface area contributed by atoms with E-state index in [1.54, 1.807) is 25.1 Å². The molecular weight excluding hydrogens is 510 g/mol. The van der Waals surface area contributed by atoms with Crippen LogP contribution in [0, 0.1) is 0 Å². The lowest BCUT2D eigenvalue weighted by atomic mass is 10.2. The van der Waals surface area contributed by atoms with Crippen LogP contribution >= 0.6 is 11.3 Å². The van der Waals surface area contributed by atoms with Gasteiger partial charge in [-0.25, -0.2) is 13.2 Å². The first-order valence-corrected chi connectivity index (χ1v) is 14.0. The number of hydrogen-bond acceptors (Lipinski definition) is 6. The first-order valence-electron chi connectivity index (χ1n) is 11.7. The number of carbonyl (C=O) groups is 2. The second-order valence-corrected chi connectivity index (χ2v) is 11.1. The Morgan fingerprint density at radius 2 is 1.65 bits per heavy atom. The van der Waals surface area contributed by atoms with Gasteiger partial charge in [-0.05, 0) is 55.0 Å². The zero-order valence-electron chi connectivity index (χ0n) is 20.7. The van der Waals surface area contributed by atoms with Gasteiger partial charge in [-0.15, -0.1) is 0 Å². The molecule has 0 atom stereocenters. The van der Waals surface area contributed by atoms with E-state index < -0.39 is 21.9 Å². The summed E-state index contributed by atoms with van der Waals surface area (Å²) < 4.78 is 35.3. The van der Waals surface area contributed by atoms with Crippen molar-refractivity contribution in [3.63, 3.8) is 0 Å². The number of amides is 1. The van der Waals surface area contributed by atoms with Crippen molar-refractivity contribution in [1.82, 2.24) is 8.87 Å². The van der Waals surface area contributed by atoms with E-state index >= 15 is 0 Å². The molecule has 0 aliphatic carbocycles. The van der Waals surface area contributed by atoms with E-state index in [1.165, 1.54) is 47.0 Å². The second-order valence-electron chi connectivity index (χ2n) is 8.16. The monoisotopic (exact) mass is 537 g/mol. The van der Waals surface area contributed by atoms with Gasteiger partial charge in [0, 0.05) is 25.2 Å². The van der Waals surface area contributed by atoms with Crippen LogP contribution in [0.25, 0.3) is 10.2 Å². The van der Waals surface area contributed by atoms with E-state index in [4.69, 9.17) is 4.74 Å². The highest BCUT2D eigenvalue weighted by Gasteiger charge is 2.23. The van der Waals surface area contributed by atoms with E-state index in [0.29, 0.717) is 23.5 Å². The fourth-order valence-corrected chi connectivity index (χ4v) is 6.50. The van der Waals surface area contributed by atoms with Crippen LogP contribution in [0.15, 0.2) is 82.7 Å². The number of carbonyl (C=O) groups excluding carboxylic acids is 2. The third-order valence-corrected chi connectivity index (χ3v) is 8.89. The fraction of sp³-hybridized carbons (Fsp3) is 0.222. The van der Waals surface area contributed by atoms with Crippen molar-refractivity contribution in [1.29, 1.82) is 0 Å². The lowest BCUT2D eigenvalue weighted by molar-refractivity contribution is 0.0600. The molecule has 0 N–H and O–H groups in total. The maximum Gasteiger partial charge on any atom is 0.337 e. The van der Waals surface area contributed by atoms with Crippen LogP contribution in [0.3, 0.4) is 0 Å². The molecule has 1 amide bonds. The standard InChI is InChI=1S/C27H27N3O5S2/c1-4-29(18-19-9-7-6-8-10-19)37(33,34)22-14-11-20(12-15-22)25(31)28-27-30(5-2)23-16-13-21(26(32)35-3)17-24(23)36-27/h6-17H,4-5,18H2,1-3H3. The molecule has 0 spiro atoms. The highest BCUT2D eigenvalue weighted by molar-refractivity contribution is 7.89. The van der Waals surface area contributed by atoms with Gasteiger partial charge < -0.3 is 9.30 Å². The quantitative estimate of drug-likeness (QED) is 0.309. The minimum absolute atomic E-state index is 0.114. The summed E-state index contributed by atoms with van der Waals surface area (Å²) in [5.41, 5.74) is 2.44. The number of thiazole rings is 1. The average Bonchev–Trinajstić information content (AvgIpc) is 3.27. The molecule has 37 heavy (non-hydrogen) atoms. The first-order chi connectivity index (χ1) is 17.8. The van der Waals surface area contributed by atoms with E-state index in [9.17, 15) is 18.0 Å². The summed E-state index contributed by atoms with van der Waals surface area (Å²) >= 11 is 1.29. The van der Waals surface area contributed by atoms with Crippen molar-refractivity contribution >= 4 is 43.5 Å². The first kappa shape index (κ1) is 26.5. The number of fused-ring (bicyclic) bond motifs is 1. The lowest BCUT2D eigenvalue weighted by Gasteiger charge is -2.20. The van der Waals surface area contributed by atoms with Gasteiger partial charge in [0.05, 0.1) is 27.8 Å². The zero-order valence-corrected chi connectivity index (χ0v) is 22.4. The predicted molar refractivity (Wildman–Crippen MR) is 143 cm³/mol. The fourth-order valence-electron chi connectivity index (χ4n) is 3.93. The largest absolute Gasteiger partial charge is 0.465 e. The molecule has 0 aliphatic heterocycles. The highest BCUT2D eigenvalue weighted by atomic mass is 32.2. The number of aryl methyl sites for hydroxylation is 1. The van der Waals surface area contributed by atoms with Gasteiger partial charge in [0.2, 0.25) is 10.0 Å². The minimum atomic E-state index is -3.74. The average molecular weight is 538 g/mol. The summed E-state index contributed by atoms with van der Waals surface area (Å²) in [4.78, 5) is 29.7. The van der Waals surface area contributed by atoms with Crippen molar-refractivity contribution in [3.05, 3.63) is 94.3 Å². The topological polar surface area (TPSA) is 98.0 Å². The van der Waals surface area contributed by atoms with Gasteiger partial charge in [0.15, 0.2) is 4.80 Å². The molecule has 0 saturated heterocycles. The van der Waals surface area contributed by atoms with Crippen molar-refractivity contribution in [3.8, 4) is 0 Å². The second kappa shape index (κ2) is 11.2. The molecule has 1 aromatic heterocycles. The molecule has 0 saturated carbocycles. The lowest BCUT2D eigenvalue weighted by Crippen LogP contribution is -2.30. The predicted octanol–water partition coefficient (Wildman–Crippen LogP) is 4.46. The van der Waals surface area contributed by atoms with Crippen LogP contribution in [-0.2, 0) is 27.8 Å². The van der Waals surface area contributed by atoms with Crippen LogP contribution < -0.4 is 4.80 Å². The number of aromatic nitrogens is 1. The van der Waals surface area contributed by atoms with Crippen molar-refractivity contribution in [2.75, 3.05) is 13.7 Å². The van der Waals surface area contributed by atoms with Gasteiger partial charge in [-0.3, -0.25) is 4.79 Å². The number of esters is 1. The van der Waals surface area contributed by atoms with Crippen LogP contribution in [0.2, 0.25) is 0 Å². The Labute approximate surface area is 219 Å².